The molecule has 1 fully saturated rings. The van der Waals surface area contributed by atoms with Crippen LogP contribution in [0.5, 0.6) is 0 Å². The molecule has 112 valence electrons. The van der Waals surface area contributed by atoms with Crippen LogP contribution in [0.3, 0.4) is 0 Å². The SMILES string of the molecule is CCNc1nc(C(C)C)nc(SC2CCOCC2)c1C. The third kappa shape index (κ3) is 3.85. The molecule has 0 spiro atoms. The first kappa shape index (κ1) is 15.6. The van der Waals surface area contributed by atoms with Crippen molar-refractivity contribution in [3.63, 3.8) is 0 Å². The van der Waals surface area contributed by atoms with Crippen LogP contribution in [0.4, 0.5) is 5.82 Å². The van der Waals surface area contributed by atoms with Crippen molar-refractivity contribution in [2.24, 2.45) is 0 Å². The number of nitrogens with zero attached hydrogens (tertiary/aromatic N) is 2. The lowest BCUT2D eigenvalue weighted by molar-refractivity contribution is 0.1000. The maximum absolute atomic E-state index is 5.43. The second-order valence-corrected chi connectivity index (χ2v) is 6.76. The third-order valence-corrected chi connectivity index (χ3v) is 4.85. The molecule has 0 aliphatic carbocycles. The molecule has 1 N–H and O–H groups in total. The predicted molar refractivity (Wildman–Crippen MR) is 84.7 cm³/mol. The predicted octanol–water partition coefficient (Wildman–Crippen LogP) is 3.61. The van der Waals surface area contributed by atoms with Gasteiger partial charge in [0.15, 0.2) is 0 Å². The van der Waals surface area contributed by atoms with E-state index in [9.17, 15) is 0 Å². The second kappa shape index (κ2) is 7.27. The van der Waals surface area contributed by atoms with Crippen molar-refractivity contribution >= 4 is 17.6 Å². The van der Waals surface area contributed by atoms with Crippen molar-refractivity contribution in [1.82, 2.24) is 9.97 Å². The van der Waals surface area contributed by atoms with Crippen molar-refractivity contribution in [3.8, 4) is 0 Å². The number of aromatic nitrogens is 2. The molecule has 1 saturated heterocycles. The van der Waals surface area contributed by atoms with E-state index in [1.807, 2.05) is 11.8 Å². The number of ether oxygens (including phenoxy) is 1. The Morgan fingerprint density at radius 1 is 1.30 bits per heavy atom. The lowest BCUT2D eigenvalue weighted by Crippen LogP contribution is -2.18. The average Bonchev–Trinajstić information content (AvgIpc) is 2.44. The van der Waals surface area contributed by atoms with Gasteiger partial charge in [-0.25, -0.2) is 9.97 Å². The number of rotatable bonds is 5. The molecular formula is C15H25N3OS. The summed E-state index contributed by atoms with van der Waals surface area (Å²) in [7, 11) is 0. The van der Waals surface area contributed by atoms with Gasteiger partial charge < -0.3 is 10.1 Å². The Balaban J connectivity index is 2.24. The van der Waals surface area contributed by atoms with Crippen LogP contribution in [0.2, 0.25) is 0 Å². The van der Waals surface area contributed by atoms with E-state index < -0.39 is 0 Å². The number of hydrogen-bond acceptors (Lipinski definition) is 5. The molecule has 0 atom stereocenters. The summed E-state index contributed by atoms with van der Waals surface area (Å²) in [5, 5.41) is 5.11. The van der Waals surface area contributed by atoms with E-state index in [4.69, 9.17) is 9.72 Å². The number of nitrogens with one attached hydrogen (secondary N) is 1. The molecule has 1 aromatic heterocycles. The summed E-state index contributed by atoms with van der Waals surface area (Å²) < 4.78 is 5.43. The van der Waals surface area contributed by atoms with Crippen molar-refractivity contribution in [1.29, 1.82) is 0 Å². The van der Waals surface area contributed by atoms with E-state index in [2.05, 4.69) is 38.0 Å². The quantitative estimate of drug-likeness (QED) is 0.841. The highest BCUT2D eigenvalue weighted by molar-refractivity contribution is 7.99. The molecule has 2 heterocycles. The van der Waals surface area contributed by atoms with Gasteiger partial charge in [0.1, 0.15) is 16.7 Å². The molecule has 20 heavy (non-hydrogen) atoms. The van der Waals surface area contributed by atoms with Crippen LogP contribution in [0.15, 0.2) is 5.03 Å². The van der Waals surface area contributed by atoms with Gasteiger partial charge in [0, 0.05) is 36.5 Å². The molecule has 2 rings (SSSR count). The molecule has 0 saturated carbocycles. The fourth-order valence-corrected chi connectivity index (χ4v) is 3.34. The monoisotopic (exact) mass is 295 g/mol. The standard InChI is InChI=1S/C15H25N3OS/c1-5-16-14-11(4)15(18-13(17-14)10(2)3)20-12-6-8-19-9-7-12/h10,12H,5-9H2,1-4H3,(H,16,17,18). The first-order valence-corrected chi connectivity index (χ1v) is 8.36. The summed E-state index contributed by atoms with van der Waals surface area (Å²) in [5.74, 6) is 2.27. The van der Waals surface area contributed by atoms with Crippen molar-refractivity contribution < 1.29 is 4.74 Å². The number of anilines is 1. The molecule has 1 aliphatic heterocycles. The minimum Gasteiger partial charge on any atom is -0.381 e. The summed E-state index contributed by atoms with van der Waals surface area (Å²) >= 11 is 1.89. The van der Waals surface area contributed by atoms with Gasteiger partial charge in [0.2, 0.25) is 0 Å². The van der Waals surface area contributed by atoms with E-state index >= 15 is 0 Å². The van der Waals surface area contributed by atoms with Crippen LogP contribution in [-0.4, -0.2) is 35.0 Å². The normalized spacial score (nSPS) is 16.6. The Kier molecular flexibility index (Phi) is 5.66. The lowest BCUT2D eigenvalue weighted by atomic mass is 10.2. The minimum atomic E-state index is 0.349. The molecule has 1 aliphatic rings. The summed E-state index contributed by atoms with van der Waals surface area (Å²) in [6.45, 7) is 11.1. The largest absolute Gasteiger partial charge is 0.381 e. The molecular weight excluding hydrogens is 270 g/mol. The Bertz CT molecular complexity index is 445. The summed E-state index contributed by atoms with van der Waals surface area (Å²) in [5.41, 5.74) is 1.17. The molecule has 5 heteroatoms. The zero-order valence-corrected chi connectivity index (χ0v) is 13.7. The van der Waals surface area contributed by atoms with Crippen LogP contribution >= 0.6 is 11.8 Å². The van der Waals surface area contributed by atoms with Gasteiger partial charge in [0.05, 0.1) is 0 Å². The van der Waals surface area contributed by atoms with Crippen molar-refractivity contribution in [2.45, 2.75) is 56.7 Å². The van der Waals surface area contributed by atoms with Crippen LogP contribution in [0.25, 0.3) is 0 Å². The van der Waals surface area contributed by atoms with Crippen LogP contribution in [0.1, 0.15) is 50.9 Å². The Morgan fingerprint density at radius 2 is 2.00 bits per heavy atom. The first-order chi connectivity index (χ1) is 9.61. The molecule has 0 radical (unpaired) electrons. The zero-order chi connectivity index (χ0) is 14.5. The summed E-state index contributed by atoms with van der Waals surface area (Å²) in [6.07, 6.45) is 2.23. The summed E-state index contributed by atoms with van der Waals surface area (Å²) in [6, 6.07) is 0. The van der Waals surface area contributed by atoms with Gasteiger partial charge in [-0.2, -0.15) is 0 Å². The van der Waals surface area contributed by atoms with Crippen LogP contribution in [-0.2, 0) is 4.74 Å². The first-order valence-electron chi connectivity index (χ1n) is 7.48. The Labute approximate surface area is 126 Å². The van der Waals surface area contributed by atoms with E-state index in [0.717, 1.165) is 49.3 Å². The highest BCUT2D eigenvalue weighted by Gasteiger charge is 2.19. The van der Waals surface area contributed by atoms with E-state index in [0.29, 0.717) is 11.2 Å². The second-order valence-electron chi connectivity index (χ2n) is 5.48. The molecule has 1 aromatic rings. The highest BCUT2D eigenvalue weighted by atomic mass is 32.2. The van der Waals surface area contributed by atoms with Crippen LogP contribution < -0.4 is 5.32 Å². The molecule has 0 unspecified atom stereocenters. The lowest BCUT2D eigenvalue weighted by Gasteiger charge is -2.22. The maximum atomic E-state index is 5.43. The van der Waals surface area contributed by atoms with Crippen molar-refractivity contribution in [3.05, 3.63) is 11.4 Å². The average molecular weight is 295 g/mol. The fourth-order valence-electron chi connectivity index (χ4n) is 2.18. The number of thioether (sulfide) groups is 1. The topological polar surface area (TPSA) is 47.0 Å². The Hall–Kier alpha value is -0.810. The van der Waals surface area contributed by atoms with E-state index in [1.54, 1.807) is 0 Å². The van der Waals surface area contributed by atoms with Gasteiger partial charge in [-0.15, -0.1) is 11.8 Å². The molecule has 0 aromatic carbocycles. The van der Waals surface area contributed by atoms with Gasteiger partial charge in [0.25, 0.3) is 0 Å². The van der Waals surface area contributed by atoms with Gasteiger partial charge in [-0.3, -0.25) is 0 Å². The maximum Gasteiger partial charge on any atom is 0.134 e. The third-order valence-electron chi connectivity index (χ3n) is 3.43. The molecule has 4 nitrogen and oxygen atoms in total. The minimum absolute atomic E-state index is 0.349. The molecule has 0 amide bonds. The zero-order valence-electron chi connectivity index (χ0n) is 12.9. The smallest absolute Gasteiger partial charge is 0.134 e. The molecule has 0 bridgehead atoms. The highest BCUT2D eigenvalue weighted by Crippen LogP contribution is 2.33. The van der Waals surface area contributed by atoms with Gasteiger partial charge in [-0.05, 0) is 26.7 Å². The van der Waals surface area contributed by atoms with Gasteiger partial charge >= 0.3 is 0 Å². The fraction of sp³-hybridized carbons (Fsp3) is 0.733. The Morgan fingerprint density at radius 3 is 2.60 bits per heavy atom. The van der Waals surface area contributed by atoms with Crippen LogP contribution in [0, 0.1) is 6.92 Å². The van der Waals surface area contributed by atoms with Crippen molar-refractivity contribution in [2.75, 3.05) is 25.1 Å². The number of hydrogen-bond donors (Lipinski definition) is 1. The van der Waals surface area contributed by atoms with E-state index in [-0.39, 0.29) is 0 Å². The van der Waals surface area contributed by atoms with E-state index in [1.165, 1.54) is 5.56 Å². The summed E-state index contributed by atoms with van der Waals surface area (Å²) in [4.78, 5) is 9.43. The van der Waals surface area contributed by atoms with Gasteiger partial charge in [-0.1, -0.05) is 13.8 Å².